The Morgan fingerprint density at radius 3 is 2.71 bits per heavy atom. The van der Waals surface area contributed by atoms with Gasteiger partial charge in [-0.15, -0.1) is 0 Å². The molecule has 1 aliphatic heterocycles. The molecule has 21 heavy (non-hydrogen) atoms. The molecule has 0 saturated carbocycles. The highest BCUT2D eigenvalue weighted by Crippen LogP contribution is 2.28. The molecule has 6 nitrogen and oxygen atoms in total. The van der Waals surface area contributed by atoms with Crippen LogP contribution in [0.4, 0.5) is 0 Å². The average molecular weight is 291 g/mol. The third-order valence-corrected chi connectivity index (χ3v) is 3.80. The van der Waals surface area contributed by atoms with E-state index in [1.54, 1.807) is 0 Å². The molecule has 0 spiro atoms. The second-order valence-corrected chi connectivity index (χ2v) is 5.24. The van der Waals surface area contributed by atoms with Crippen LogP contribution in [0, 0.1) is 0 Å². The van der Waals surface area contributed by atoms with E-state index in [1.807, 2.05) is 44.2 Å². The third kappa shape index (κ3) is 3.74. The molecule has 1 aromatic rings. The van der Waals surface area contributed by atoms with Gasteiger partial charge >= 0.3 is 0 Å². The number of aliphatic hydroxyl groups excluding tert-OH is 1. The van der Waals surface area contributed by atoms with Crippen LogP contribution in [0.5, 0.6) is 0 Å². The summed E-state index contributed by atoms with van der Waals surface area (Å²) in [4.78, 5) is 2.85. The van der Waals surface area contributed by atoms with Crippen molar-refractivity contribution in [3.63, 3.8) is 0 Å². The fourth-order valence-electron chi connectivity index (χ4n) is 2.64. The molecule has 2 rings (SSSR count). The zero-order valence-electron chi connectivity index (χ0n) is 12.3. The zero-order chi connectivity index (χ0) is 15.2. The predicted octanol–water partition coefficient (Wildman–Crippen LogP) is 2.81. The minimum absolute atomic E-state index is 0.282. The molecule has 0 amide bonds. The molecule has 1 saturated heterocycles. The molecule has 6 heteroatoms. The number of hydrogen-bond acceptors (Lipinski definition) is 4. The lowest BCUT2D eigenvalue weighted by Crippen LogP contribution is -2.56. The Morgan fingerprint density at radius 2 is 2.10 bits per heavy atom. The SMILES string of the molecule is CCC1O[C@H](C)[C@@H](N=[N+]=[N-])[C@H](OCc2ccccc2)[C@@H]1O. The number of ether oxygens (including phenoxy) is 2. The number of nitrogens with zero attached hydrogens (tertiary/aromatic N) is 3. The van der Waals surface area contributed by atoms with Crippen LogP contribution in [0.3, 0.4) is 0 Å². The Balaban J connectivity index is 2.11. The fraction of sp³-hybridized carbons (Fsp3) is 0.600. The van der Waals surface area contributed by atoms with Gasteiger partial charge in [-0.05, 0) is 24.4 Å². The third-order valence-electron chi connectivity index (χ3n) is 3.80. The van der Waals surface area contributed by atoms with E-state index in [-0.39, 0.29) is 12.2 Å². The lowest BCUT2D eigenvalue weighted by molar-refractivity contribution is -0.192. The standard InChI is InChI=1S/C15H21N3O3/c1-3-12-14(19)15(13(17-18-16)10(2)21-12)20-9-11-7-5-4-6-8-11/h4-8,10,12-15,19H,3,9H2,1-2H3/t10-,12?,13-,14-,15+/m1/s1. The topological polar surface area (TPSA) is 87.5 Å². The molecule has 1 aliphatic rings. The van der Waals surface area contributed by atoms with E-state index in [0.717, 1.165) is 5.56 Å². The summed E-state index contributed by atoms with van der Waals surface area (Å²) in [7, 11) is 0. The number of rotatable bonds is 5. The molecular formula is C15H21N3O3. The van der Waals surface area contributed by atoms with Crippen LogP contribution in [0.2, 0.25) is 0 Å². The Labute approximate surface area is 124 Å². The molecule has 114 valence electrons. The molecule has 1 unspecified atom stereocenters. The highest BCUT2D eigenvalue weighted by Gasteiger charge is 2.43. The summed E-state index contributed by atoms with van der Waals surface area (Å²) in [5.74, 6) is 0. The Hall–Kier alpha value is -1.59. The monoisotopic (exact) mass is 291 g/mol. The van der Waals surface area contributed by atoms with Crippen LogP contribution in [0.15, 0.2) is 35.4 Å². The van der Waals surface area contributed by atoms with Gasteiger partial charge < -0.3 is 14.6 Å². The van der Waals surface area contributed by atoms with Crippen molar-refractivity contribution in [3.05, 3.63) is 46.3 Å². The van der Waals surface area contributed by atoms with E-state index in [9.17, 15) is 5.11 Å². The maximum absolute atomic E-state index is 10.4. The van der Waals surface area contributed by atoms with Crippen LogP contribution in [-0.4, -0.2) is 35.6 Å². The normalized spacial score (nSPS) is 32.4. The summed E-state index contributed by atoms with van der Waals surface area (Å²) >= 11 is 0. The van der Waals surface area contributed by atoms with Gasteiger partial charge in [-0.25, -0.2) is 0 Å². The first-order chi connectivity index (χ1) is 10.2. The first kappa shape index (κ1) is 15.8. The van der Waals surface area contributed by atoms with E-state index < -0.39 is 18.2 Å². The first-order valence-corrected chi connectivity index (χ1v) is 7.20. The minimum atomic E-state index is -0.801. The van der Waals surface area contributed by atoms with E-state index in [4.69, 9.17) is 15.0 Å². The highest BCUT2D eigenvalue weighted by atomic mass is 16.5. The largest absolute Gasteiger partial charge is 0.388 e. The van der Waals surface area contributed by atoms with Crippen LogP contribution in [0.1, 0.15) is 25.8 Å². The number of hydrogen-bond donors (Lipinski definition) is 1. The predicted molar refractivity (Wildman–Crippen MR) is 78.6 cm³/mol. The van der Waals surface area contributed by atoms with Gasteiger partial charge in [0.05, 0.1) is 31.0 Å². The van der Waals surface area contributed by atoms with E-state index in [2.05, 4.69) is 10.0 Å². The second kappa shape index (κ2) is 7.43. The molecule has 5 atom stereocenters. The van der Waals surface area contributed by atoms with E-state index in [1.165, 1.54) is 0 Å². The molecule has 0 aliphatic carbocycles. The van der Waals surface area contributed by atoms with Gasteiger partial charge in [-0.2, -0.15) is 0 Å². The lowest BCUT2D eigenvalue weighted by atomic mass is 9.92. The Morgan fingerprint density at radius 1 is 1.38 bits per heavy atom. The van der Waals surface area contributed by atoms with Gasteiger partial charge in [0, 0.05) is 4.91 Å². The summed E-state index contributed by atoms with van der Waals surface area (Å²) in [5.41, 5.74) is 9.72. The Kier molecular flexibility index (Phi) is 5.59. The summed E-state index contributed by atoms with van der Waals surface area (Å²) in [6.07, 6.45) is -1.26. The number of azide groups is 1. The van der Waals surface area contributed by atoms with Crippen LogP contribution in [-0.2, 0) is 16.1 Å². The second-order valence-electron chi connectivity index (χ2n) is 5.24. The van der Waals surface area contributed by atoms with Crippen molar-refractivity contribution in [1.82, 2.24) is 0 Å². The van der Waals surface area contributed by atoms with Crippen molar-refractivity contribution >= 4 is 0 Å². The summed E-state index contributed by atoms with van der Waals surface area (Å²) in [6.45, 7) is 4.15. The van der Waals surface area contributed by atoms with E-state index >= 15 is 0 Å². The quantitative estimate of drug-likeness (QED) is 0.514. The molecule has 0 aromatic heterocycles. The highest BCUT2D eigenvalue weighted by molar-refractivity contribution is 5.13. The maximum Gasteiger partial charge on any atom is 0.107 e. The molecule has 1 fully saturated rings. The van der Waals surface area contributed by atoms with Crippen molar-refractivity contribution in [2.45, 2.75) is 57.3 Å². The van der Waals surface area contributed by atoms with Crippen molar-refractivity contribution in [1.29, 1.82) is 0 Å². The minimum Gasteiger partial charge on any atom is -0.388 e. The smallest absolute Gasteiger partial charge is 0.107 e. The van der Waals surface area contributed by atoms with Crippen molar-refractivity contribution in [2.24, 2.45) is 5.11 Å². The van der Waals surface area contributed by atoms with Crippen molar-refractivity contribution in [2.75, 3.05) is 0 Å². The van der Waals surface area contributed by atoms with Crippen LogP contribution in [0.25, 0.3) is 10.4 Å². The molecule has 0 radical (unpaired) electrons. The van der Waals surface area contributed by atoms with Gasteiger partial charge in [0.1, 0.15) is 6.10 Å². The molecule has 1 aromatic carbocycles. The van der Waals surface area contributed by atoms with Crippen LogP contribution < -0.4 is 0 Å². The van der Waals surface area contributed by atoms with Crippen molar-refractivity contribution in [3.8, 4) is 0 Å². The van der Waals surface area contributed by atoms with Gasteiger partial charge in [-0.1, -0.05) is 42.4 Å². The summed E-state index contributed by atoms with van der Waals surface area (Å²) in [6, 6.07) is 9.18. The summed E-state index contributed by atoms with van der Waals surface area (Å²) in [5, 5.41) is 14.1. The van der Waals surface area contributed by atoms with Gasteiger partial charge in [0.25, 0.3) is 0 Å². The van der Waals surface area contributed by atoms with E-state index in [0.29, 0.717) is 13.0 Å². The molecule has 1 heterocycles. The first-order valence-electron chi connectivity index (χ1n) is 7.20. The van der Waals surface area contributed by atoms with Gasteiger partial charge in [0.2, 0.25) is 0 Å². The van der Waals surface area contributed by atoms with Crippen LogP contribution >= 0.6 is 0 Å². The Bertz CT molecular complexity index is 490. The maximum atomic E-state index is 10.4. The zero-order valence-corrected chi connectivity index (χ0v) is 12.3. The van der Waals surface area contributed by atoms with Crippen molar-refractivity contribution < 1.29 is 14.6 Å². The lowest BCUT2D eigenvalue weighted by Gasteiger charge is -2.41. The summed E-state index contributed by atoms with van der Waals surface area (Å²) < 4.78 is 11.6. The number of aliphatic hydroxyl groups is 1. The molecule has 0 bridgehead atoms. The average Bonchev–Trinajstić information content (AvgIpc) is 2.51. The van der Waals surface area contributed by atoms with Gasteiger partial charge in [0.15, 0.2) is 0 Å². The molecular weight excluding hydrogens is 270 g/mol. The molecule has 1 N–H and O–H groups in total. The fourth-order valence-corrected chi connectivity index (χ4v) is 2.64. The van der Waals surface area contributed by atoms with Gasteiger partial charge in [-0.3, -0.25) is 0 Å². The number of benzene rings is 1.